The molecule has 0 spiro atoms. The van der Waals surface area contributed by atoms with E-state index in [1.807, 2.05) is 19.1 Å². The highest BCUT2D eigenvalue weighted by molar-refractivity contribution is 7.22. The Labute approximate surface area is 112 Å². The minimum absolute atomic E-state index is 0.258. The lowest BCUT2D eigenvalue weighted by Crippen LogP contribution is -2.18. The fourth-order valence-electron chi connectivity index (χ4n) is 1.58. The molecule has 0 bridgehead atoms. The maximum absolute atomic E-state index is 5.50. The van der Waals surface area contributed by atoms with Crippen molar-refractivity contribution in [3.05, 3.63) is 18.2 Å². The summed E-state index contributed by atoms with van der Waals surface area (Å²) >= 11 is 1.68. The molecule has 18 heavy (non-hydrogen) atoms. The summed E-state index contributed by atoms with van der Waals surface area (Å²) < 4.78 is 6.66. The van der Waals surface area contributed by atoms with E-state index in [2.05, 4.69) is 37.1 Å². The fourth-order valence-corrected chi connectivity index (χ4v) is 2.47. The zero-order valence-electron chi connectivity index (χ0n) is 11.4. The van der Waals surface area contributed by atoms with E-state index in [0.717, 1.165) is 27.6 Å². The van der Waals surface area contributed by atoms with Gasteiger partial charge >= 0.3 is 0 Å². The van der Waals surface area contributed by atoms with Gasteiger partial charge in [0.25, 0.3) is 0 Å². The molecule has 1 aromatic heterocycles. The van der Waals surface area contributed by atoms with Gasteiger partial charge in [-0.25, -0.2) is 4.98 Å². The minimum Gasteiger partial charge on any atom is -0.494 e. The molecule has 4 heteroatoms. The number of ether oxygens (including phenoxy) is 1. The monoisotopic (exact) mass is 264 g/mol. The first kappa shape index (κ1) is 13.1. The van der Waals surface area contributed by atoms with Crippen LogP contribution >= 0.6 is 11.3 Å². The summed E-state index contributed by atoms with van der Waals surface area (Å²) in [5.74, 6) is 0.913. The molecular formula is C14H20N2OS. The van der Waals surface area contributed by atoms with E-state index in [9.17, 15) is 0 Å². The SMILES string of the molecule is CCOc1ccc2nc(NCC(C)(C)C)sc2c1. The third-order valence-electron chi connectivity index (χ3n) is 2.44. The molecule has 0 saturated heterocycles. The zero-order valence-corrected chi connectivity index (χ0v) is 12.2. The molecule has 0 radical (unpaired) electrons. The van der Waals surface area contributed by atoms with E-state index in [4.69, 9.17) is 4.74 Å². The van der Waals surface area contributed by atoms with E-state index in [-0.39, 0.29) is 5.41 Å². The van der Waals surface area contributed by atoms with Gasteiger partial charge in [-0.15, -0.1) is 0 Å². The lowest BCUT2D eigenvalue weighted by Gasteiger charge is -2.17. The normalized spacial score (nSPS) is 11.8. The van der Waals surface area contributed by atoms with Gasteiger partial charge in [0.2, 0.25) is 0 Å². The Morgan fingerprint density at radius 2 is 2.11 bits per heavy atom. The van der Waals surface area contributed by atoms with Crippen LogP contribution in [0.4, 0.5) is 5.13 Å². The highest BCUT2D eigenvalue weighted by Gasteiger charge is 2.11. The van der Waals surface area contributed by atoms with Gasteiger partial charge in [0.1, 0.15) is 5.75 Å². The van der Waals surface area contributed by atoms with Gasteiger partial charge in [0, 0.05) is 6.54 Å². The van der Waals surface area contributed by atoms with Crippen LogP contribution in [0.25, 0.3) is 10.2 Å². The number of fused-ring (bicyclic) bond motifs is 1. The predicted octanol–water partition coefficient (Wildman–Crippen LogP) is 4.15. The van der Waals surface area contributed by atoms with Crippen molar-refractivity contribution in [1.82, 2.24) is 4.98 Å². The number of hydrogen-bond acceptors (Lipinski definition) is 4. The predicted molar refractivity (Wildman–Crippen MR) is 78.7 cm³/mol. The maximum atomic E-state index is 5.50. The van der Waals surface area contributed by atoms with Crippen molar-refractivity contribution in [2.75, 3.05) is 18.5 Å². The van der Waals surface area contributed by atoms with E-state index in [1.54, 1.807) is 11.3 Å². The number of benzene rings is 1. The van der Waals surface area contributed by atoms with Gasteiger partial charge in [0.05, 0.1) is 16.8 Å². The molecule has 0 atom stereocenters. The molecule has 1 heterocycles. The zero-order chi connectivity index (χ0) is 13.2. The largest absolute Gasteiger partial charge is 0.494 e. The molecule has 0 unspecified atom stereocenters. The van der Waals surface area contributed by atoms with Crippen molar-refractivity contribution >= 4 is 26.7 Å². The van der Waals surface area contributed by atoms with Crippen molar-refractivity contribution in [3.8, 4) is 5.75 Å². The molecule has 0 aliphatic carbocycles. The lowest BCUT2D eigenvalue weighted by atomic mass is 9.97. The number of hydrogen-bond donors (Lipinski definition) is 1. The Hall–Kier alpha value is -1.29. The summed E-state index contributed by atoms with van der Waals surface area (Å²) in [5, 5.41) is 4.37. The molecule has 0 aliphatic heterocycles. The number of anilines is 1. The first-order valence-electron chi connectivity index (χ1n) is 6.25. The minimum atomic E-state index is 0.258. The fraction of sp³-hybridized carbons (Fsp3) is 0.500. The van der Waals surface area contributed by atoms with Crippen molar-refractivity contribution in [2.24, 2.45) is 5.41 Å². The summed E-state index contributed by atoms with van der Waals surface area (Å²) in [6.07, 6.45) is 0. The van der Waals surface area contributed by atoms with Gasteiger partial charge in [0.15, 0.2) is 5.13 Å². The summed E-state index contributed by atoms with van der Waals surface area (Å²) in [5.41, 5.74) is 1.29. The quantitative estimate of drug-likeness (QED) is 0.900. The number of thiazole rings is 1. The Kier molecular flexibility index (Phi) is 3.76. The molecule has 0 aliphatic rings. The van der Waals surface area contributed by atoms with Crippen LogP contribution < -0.4 is 10.1 Å². The average Bonchev–Trinajstić information content (AvgIpc) is 2.68. The summed E-state index contributed by atoms with van der Waals surface area (Å²) in [6, 6.07) is 6.04. The first-order valence-corrected chi connectivity index (χ1v) is 7.07. The second-order valence-corrected chi connectivity index (χ2v) is 6.53. The van der Waals surface area contributed by atoms with Gasteiger partial charge in [-0.2, -0.15) is 0 Å². The highest BCUT2D eigenvalue weighted by atomic mass is 32.1. The average molecular weight is 264 g/mol. The Morgan fingerprint density at radius 1 is 1.33 bits per heavy atom. The van der Waals surface area contributed by atoms with Gasteiger partial charge < -0.3 is 10.1 Å². The molecular weight excluding hydrogens is 244 g/mol. The van der Waals surface area contributed by atoms with Gasteiger partial charge in [-0.05, 0) is 30.5 Å². The second kappa shape index (κ2) is 5.14. The Morgan fingerprint density at radius 3 is 2.78 bits per heavy atom. The van der Waals surface area contributed by atoms with Gasteiger partial charge in [-0.1, -0.05) is 32.1 Å². The highest BCUT2D eigenvalue weighted by Crippen LogP contribution is 2.29. The molecule has 1 aromatic carbocycles. The molecule has 0 fully saturated rings. The number of rotatable bonds is 4. The second-order valence-electron chi connectivity index (χ2n) is 5.50. The van der Waals surface area contributed by atoms with Crippen LogP contribution in [0.15, 0.2) is 18.2 Å². The summed E-state index contributed by atoms with van der Waals surface area (Å²) in [4.78, 5) is 4.57. The molecule has 2 rings (SSSR count). The summed E-state index contributed by atoms with van der Waals surface area (Å²) in [7, 11) is 0. The van der Waals surface area contributed by atoms with E-state index in [0.29, 0.717) is 6.61 Å². The van der Waals surface area contributed by atoms with Crippen LogP contribution in [0.3, 0.4) is 0 Å². The maximum Gasteiger partial charge on any atom is 0.183 e. The van der Waals surface area contributed by atoms with Crippen LogP contribution in [0.5, 0.6) is 5.75 Å². The number of nitrogens with one attached hydrogen (secondary N) is 1. The van der Waals surface area contributed by atoms with Gasteiger partial charge in [-0.3, -0.25) is 0 Å². The third kappa shape index (κ3) is 3.35. The Bertz CT molecular complexity index is 528. The topological polar surface area (TPSA) is 34.1 Å². The van der Waals surface area contributed by atoms with Crippen LogP contribution in [0.2, 0.25) is 0 Å². The van der Waals surface area contributed by atoms with Crippen LogP contribution in [0, 0.1) is 5.41 Å². The van der Waals surface area contributed by atoms with Crippen molar-refractivity contribution < 1.29 is 4.74 Å². The number of nitrogens with zero attached hydrogens (tertiary/aromatic N) is 1. The van der Waals surface area contributed by atoms with Crippen molar-refractivity contribution in [1.29, 1.82) is 0 Å². The van der Waals surface area contributed by atoms with Crippen LogP contribution in [-0.4, -0.2) is 18.1 Å². The van der Waals surface area contributed by atoms with E-state index in [1.165, 1.54) is 0 Å². The molecule has 1 N–H and O–H groups in total. The lowest BCUT2D eigenvalue weighted by molar-refractivity contribution is 0.341. The smallest absolute Gasteiger partial charge is 0.183 e. The van der Waals surface area contributed by atoms with Crippen molar-refractivity contribution in [2.45, 2.75) is 27.7 Å². The molecule has 0 amide bonds. The molecule has 0 saturated carbocycles. The van der Waals surface area contributed by atoms with Crippen molar-refractivity contribution in [3.63, 3.8) is 0 Å². The van der Waals surface area contributed by atoms with Crippen LogP contribution in [-0.2, 0) is 0 Å². The standard InChI is InChI=1S/C14H20N2OS/c1-5-17-10-6-7-11-12(8-10)18-13(16-11)15-9-14(2,3)4/h6-8H,5,9H2,1-4H3,(H,15,16). The first-order chi connectivity index (χ1) is 8.48. The summed E-state index contributed by atoms with van der Waals surface area (Å²) in [6.45, 7) is 10.2. The number of aromatic nitrogens is 1. The molecule has 2 aromatic rings. The van der Waals surface area contributed by atoms with E-state index >= 15 is 0 Å². The molecule has 3 nitrogen and oxygen atoms in total. The Balaban J connectivity index is 2.16. The van der Waals surface area contributed by atoms with Crippen LogP contribution in [0.1, 0.15) is 27.7 Å². The molecule has 98 valence electrons. The van der Waals surface area contributed by atoms with E-state index < -0.39 is 0 Å². The third-order valence-corrected chi connectivity index (χ3v) is 3.42.